The van der Waals surface area contributed by atoms with Crippen molar-refractivity contribution < 1.29 is 9.59 Å². The van der Waals surface area contributed by atoms with Gasteiger partial charge in [0.15, 0.2) is 0 Å². The number of tetrazole rings is 1. The summed E-state index contributed by atoms with van der Waals surface area (Å²) in [5.74, 6) is 0.219. The Morgan fingerprint density at radius 1 is 1.42 bits per heavy atom. The highest BCUT2D eigenvalue weighted by Crippen LogP contribution is 2.11. The molecule has 0 aliphatic carbocycles. The Labute approximate surface area is 115 Å². The molecule has 0 spiro atoms. The van der Waals surface area contributed by atoms with E-state index in [1.165, 1.54) is 16.4 Å². The molecule has 8 nitrogen and oxygen atoms in total. The van der Waals surface area contributed by atoms with E-state index in [4.69, 9.17) is 0 Å². The van der Waals surface area contributed by atoms with E-state index in [0.29, 0.717) is 17.6 Å². The monoisotopic (exact) mass is 286 g/mol. The summed E-state index contributed by atoms with van der Waals surface area (Å²) >= 11 is 1.17. The van der Waals surface area contributed by atoms with Crippen molar-refractivity contribution in [1.82, 2.24) is 30.8 Å². The number of nitrogens with zero attached hydrogens (tertiary/aromatic N) is 4. The van der Waals surface area contributed by atoms with Gasteiger partial charge in [0.2, 0.25) is 11.1 Å². The predicted octanol–water partition coefficient (Wildman–Crippen LogP) is 0.174. The molecule has 2 N–H and O–H groups in total. The quantitative estimate of drug-likeness (QED) is 0.723. The van der Waals surface area contributed by atoms with E-state index >= 15 is 0 Å². The second-order valence-corrected chi connectivity index (χ2v) is 5.30. The Morgan fingerprint density at radius 3 is 2.74 bits per heavy atom. The van der Waals surface area contributed by atoms with Gasteiger partial charge >= 0.3 is 6.03 Å². The lowest BCUT2D eigenvalue weighted by molar-refractivity contribution is -0.117. The molecule has 3 amide bonds. The minimum atomic E-state index is -0.470. The van der Waals surface area contributed by atoms with Crippen LogP contribution in [0.5, 0.6) is 0 Å². The van der Waals surface area contributed by atoms with Crippen LogP contribution in [-0.2, 0) is 11.8 Å². The number of carbonyl (C=O) groups is 2. The molecule has 0 aliphatic rings. The van der Waals surface area contributed by atoms with Crippen molar-refractivity contribution in [3.05, 3.63) is 0 Å². The zero-order valence-corrected chi connectivity index (χ0v) is 12.0. The number of rotatable bonds is 6. The lowest BCUT2D eigenvalue weighted by atomic mass is 10.1. The Balaban J connectivity index is 2.20. The molecule has 0 aromatic carbocycles. The van der Waals surface area contributed by atoms with Gasteiger partial charge in [-0.25, -0.2) is 9.48 Å². The number of nitrogens with one attached hydrogen (secondary N) is 2. The summed E-state index contributed by atoms with van der Waals surface area (Å²) in [6.07, 6.45) is 0.876. The molecular weight excluding hydrogens is 268 g/mol. The van der Waals surface area contributed by atoms with Crippen molar-refractivity contribution >= 4 is 23.7 Å². The summed E-state index contributed by atoms with van der Waals surface area (Å²) in [7, 11) is 1.68. The summed E-state index contributed by atoms with van der Waals surface area (Å²) in [4.78, 5) is 22.9. The number of urea groups is 1. The summed E-state index contributed by atoms with van der Waals surface area (Å²) in [6.45, 7) is 4.68. The molecule has 1 aromatic rings. The number of aryl methyl sites for hydroxylation is 1. The number of amides is 3. The first kappa shape index (κ1) is 15.4. The normalized spacial score (nSPS) is 10.5. The van der Waals surface area contributed by atoms with E-state index < -0.39 is 6.03 Å². The van der Waals surface area contributed by atoms with E-state index in [2.05, 4.69) is 40.0 Å². The van der Waals surface area contributed by atoms with Crippen LogP contribution < -0.4 is 10.6 Å². The number of hydrogen-bond acceptors (Lipinski definition) is 6. The molecule has 0 atom stereocenters. The standard InChI is InChI=1S/C10H18N6O2S/c1-7(2)4-5-11-9(18)12-8(17)6-19-10-13-14-15-16(10)3/h7H,4-6H2,1-3H3,(H2,11,12,17,18). The third kappa shape index (κ3) is 6.18. The van der Waals surface area contributed by atoms with Crippen molar-refractivity contribution in [3.63, 3.8) is 0 Å². The highest BCUT2D eigenvalue weighted by atomic mass is 32.2. The van der Waals surface area contributed by atoms with Crippen LogP contribution in [0.2, 0.25) is 0 Å². The summed E-state index contributed by atoms with van der Waals surface area (Å²) < 4.78 is 1.46. The first-order chi connectivity index (χ1) is 8.99. The average Bonchev–Trinajstić information content (AvgIpc) is 2.71. The van der Waals surface area contributed by atoms with Gasteiger partial charge in [-0.3, -0.25) is 10.1 Å². The first-order valence-electron chi connectivity index (χ1n) is 5.92. The molecule has 0 fully saturated rings. The molecule has 9 heteroatoms. The van der Waals surface area contributed by atoms with E-state index in [9.17, 15) is 9.59 Å². The fourth-order valence-electron chi connectivity index (χ4n) is 1.15. The third-order valence-corrected chi connectivity index (χ3v) is 3.18. The maximum atomic E-state index is 11.5. The first-order valence-corrected chi connectivity index (χ1v) is 6.90. The summed E-state index contributed by atoms with van der Waals surface area (Å²) in [5, 5.41) is 16.2. The third-order valence-electron chi connectivity index (χ3n) is 2.17. The fraction of sp³-hybridized carbons (Fsp3) is 0.700. The number of thioether (sulfide) groups is 1. The van der Waals surface area contributed by atoms with Crippen molar-refractivity contribution in [1.29, 1.82) is 0 Å². The maximum absolute atomic E-state index is 11.5. The van der Waals surface area contributed by atoms with Crippen molar-refractivity contribution in [2.45, 2.75) is 25.4 Å². The van der Waals surface area contributed by atoms with E-state index in [1.54, 1.807) is 7.05 Å². The molecule has 0 radical (unpaired) electrons. The SMILES string of the molecule is CC(C)CCNC(=O)NC(=O)CSc1nnnn1C. The van der Waals surface area contributed by atoms with Gasteiger partial charge in [-0.2, -0.15) is 0 Å². The van der Waals surface area contributed by atoms with Crippen LogP contribution >= 0.6 is 11.8 Å². The molecule has 0 unspecified atom stereocenters. The molecule has 106 valence electrons. The number of aromatic nitrogens is 4. The lowest BCUT2D eigenvalue weighted by Gasteiger charge is -2.07. The van der Waals surface area contributed by atoms with Gasteiger partial charge in [0.25, 0.3) is 0 Å². The highest BCUT2D eigenvalue weighted by molar-refractivity contribution is 7.99. The fourth-order valence-corrected chi connectivity index (χ4v) is 1.80. The molecule has 0 bridgehead atoms. The van der Waals surface area contributed by atoms with Crippen LogP contribution in [0.1, 0.15) is 20.3 Å². The van der Waals surface area contributed by atoms with Crippen molar-refractivity contribution in [3.8, 4) is 0 Å². The van der Waals surface area contributed by atoms with Crippen LogP contribution in [0.15, 0.2) is 5.16 Å². The minimum absolute atomic E-state index is 0.0891. The van der Waals surface area contributed by atoms with Gasteiger partial charge in [-0.1, -0.05) is 25.6 Å². The number of imide groups is 1. The van der Waals surface area contributed by atoms with Crippen LogP contribution in [0.3, 0.4) is 0 Å². The molecule has 0 saturated carbocycles. The van der Waals surface area contributed by atoms with E-state index in [-0.39, 0.29) is 11.7 Å². The molecular formula is C10H18N6O2S. The van der Waals surface area contributed by atoms with Gasteiger partial charge in [0, 0.05) is 13.6 Å². The van der Waals surface area contributed by atoms with Gasteiger partial charge in [-0.05, 0) is 22.8 Å². The molecule has 1 rings (SSSR count). The predicted molar refractivity (Wildman–Crippen MR) is 70.5 cm³/mol. The Kier molecular flexibility index (Phi) is 6.26. The zero-order valence-electron chi connectivity index (χ0n) is 11.2. The Morgan fingerprint density at radius 2 is 2.16 bits per heavy atom. The van der Waals surface area contributed by atoms with Gasteiger partial charge in [-0.15, -0.1) is 5.10 Å². The maximum Gasteiger partial charge on any atom is 0.321 e. The summed E-state index contributed by atoms with van der Waals surface area (Å²) in [6, 6.07) is -0.470. The molecule has 0 saturated heterocycles. The van der Waals surface area contributed by atoms with Crippen LogP contribution in [0.4, 0.5) is 4.79 Å². The lowest BCUT2D eigenvalue weighted by Crippen LogP contribution is -2.40. The second-order valence-electron chi connectivity index (χ2n) is 4.36. The molecule has 1 heterocycles. The molecule has 19 heavy (non-hydrogen) atoms. The van der Waals surface area contributed by atoms with Gasteiger partial charge < -0.3 is 5.32 Å². The average molecular weight is 286 g/mol. The number of hydrogen-bond donors (Lipinski definition) is 2. The second kappa shape index (κ2) is 7.72. The van der Waals surface area contributed by atoms with Crippen LogP contribution in [-0.4, -0.2) is 44.4 Å². The summed E-state index contributed by atoms with van der Waals surface area (Å²) in [5.41, 5.74) is 0. The minimum Gasteiger partial charge on any atom is -0.338 e. The topological polar surface area (TPSA) is 102 Å². The largest absolute Gasteiger partial charge is 0.338 e. The molecule has 1 aromatic heterocycles. The van der Waals surface area contributed by atoms with E-state index in [0.717, 1.165) is 6.42 Å². The van der Waals surface area contributed by atoms with Gasteiger partial charge in [0.05, 0.1) is 5.75 Å². The zero-order chi connectivity index (χ0) is 14.3. The number of carbonyl (C=O) groups excluding carboxylic acids is 2. The Bertz CT molecular complexity index is 433. The smallest absolute Gasteiger partial charge is 0.321 e. The Hall–Kier alpha value is -1.64. The van der Waals surface area contributed by atoms with Crippen LogP contribution in [0, 0.1) is 5.92 Å². The van der Waals surface area contributed by atoms with Crippen molar-refractivity contribution in [2.24, 2.45) is 13.0 Å². The van der Waals surface area contributed by atoms with Crippen molar-refractivity contribution in [2.75, 3.05) is 12.3 Å². The highest BCUT2D eigenvalue weighted by Gasteiger charge is 2.10. The van der Waals surface area contributed by atoms with Gasteiger partial charge in [0.1, 0.15) is 0 Å². The van der Waals surface area contributed by atoms with Crippen LogP contribution in [0.25, 0.3) is 0 Å². The molecule has 0 aliphatic heterocycles. The van der Waals surface area contributed by atoms with E-state index in [1.807, 2.05) is 0 Å².